The molecule has 3 heterocycles. The van der Waals surface area contributed by atoms with Crippen LogP contribution in [0.15, 0.2) is 10.6 Å². The Bertz CT molecular complexity index is 822. The molecule has 9 heteroatoms. The molecule has 1 aliphatic carbocycles. The fourth-order valence-electron chi connectivity index (χ4n) is 4.48. The van der Waals surface area contributed by atoms with Gasteiger partial charge >= 0.3 is 0 Å². The molecule has 0 bridgehead atoms. The summed E-state index contributed by atoms with van der Waals surface area (Å²) in [6.07, 6.45) is 5.99. The summed E-state index contributed by atoms with van der Waals surface area (Å²) in [7, 11) is -3.03. The number of carbonyl (C=O) groups is 2. The van der Waals surface area contributed by atoms with Gasteiger partial charge in [0, 0.05) is 44.1 Å². The van der Waals surface area contributed by atoms with Gasteiger partial charge in [-0.3, -0.25) is 9.59 Å². The van der Waals surface area contributed by atoms with E-state index in [-0.39, 0.29) is 48.1 Å². The first-order valence-corrected chi connectivity index (χ1v) is 12.0. The van der Waals surface area contributed by atoms with Gasteiger partial charge in [0.1, 0.15) is 0 Å². The lowest BCUT2D eigenvalue weighted by Crippen LogP contribution is -2.43. The lowest BCUT2D eigenvalue weighted by Gasteiger charge is -2.32. The molecule has 0 radical (unpaired) electrons. The summed E-state index contributed by atoms with van der Waals surface area (Å²) in [4.78, 5) is 28.6. The molecule has 0 spiro atoms. The summed E-state index contributed by atoms with van der Waals surface area (Å²) < 4.78 is 28.3. The van der Waals surface area contributed by atoms with E-state index in [4.69, 9.17) is 4.52 Å². The quantitative estimate of drug-likeness (QED) is 0.749. The van der Waals surface area contributed by atoms with Crippen LogP contribution in [0, 0.1) is 5.92 Å². The first-order chi connectivity index (χ1) is 13.4. The molecule has 3 fully saturated rings. The van der Waals surface area contributed by atoms with E-state index in [1.165, 1.54) is 4.90 Å². The lowest BCUT2D eigenvalue weighted by molar-refractivity contribution is -0.136. The fourth-order valence-corrected chi connectivity index (χ4v) is 5.68. The summed E-state index contributed by atoms with van der Waals surface area (Å²) in [5.41, 5.74) is 0.751. The van der Waals surface area contributed by atoms with Gasteiger partial charge in [0.25, 0.3) is 5.91 Å². The van der Waals surface area contributed by atoms with E-state index >= 15 is 0 Å². The minimum atomic E-state index is -3.03. The summed E-state index contributed by atoms with van der Waals surface area (Å²) in [5.74, 6) is 0.537. The summed E-state index contributed by atoms with van der Waals surface area (Å²) in [6.45, 7) is 1.83. The zero-order valence-electron chi connectivity index (χ0n) is 16.0. The molecule has 4 rings (SSSR count). The smallest absolute Gasteiger partial charge is 0.292 e. The molecule has 1 saturated carbocycles. The van der Waals surface area contributed by atoms with Gasteiger partial charge in [-0.1, -0.05) is 18.0 Å². The Kier molecular flexibility index (Phi) is 5.44. The molecular formula is C19H27N3O5S. The maximum atomic E-state index is 12.6. The van der Waals surface area contributed by atoms with Crippen LogP contribution in [0.2, 0.25) is 0 Å². The van der Waals surface area contributed by atoms with Crippen LogP contribution in [0.5, 0.6) is 0 Å². The van der Waals surface area contributed by atoms with Crippen molar-refractivity contribution in [2.24, 2.45) is 5.92 Å². The van der Waals surface area contributed by atoms with Crippen molar-refractivity contribution >= 4 is 21.7 Å². The molecule has 2 aliphatic heterocycles. The van der Waals surface area contributed by atoms with Crippen molar-refractivity contribution in [2.75, 3.05) is 37.7 Å². The van der Waals surface area contributed by atoms with Gasteiger partial charge in [0.05, 0.1) is 17.2 Å². The van der Waals surface area contributed by atoms with E-state index in [9.17, 15) is 18.0 Å². The highest BCUT2D eigenvalue weighted by molar-refractivity contribution is 7.91. The van der Waals surface area contributed by atoms with E-state index < -0.39 is 9.84 Å². The number of likely N-dealkylation sites (tertiary alicyclic amines) is 1. The second-order valence-corrected chi connectivity index (χ2v) is 10.4. The van der Waals surface area contributed by atoms with Gasteiger partial charge in [-0.15, -0.1) is 0 Å². The normalized spacial score (nSPS) is 23.9. The summed E-state index contributed by atoms with van der Waals surface area (Å²) >= 11 is 0. The minimum absolute atomic E-state index is 0.00673. The molecule has 3 aliphatic rings. The Morgan fingerprint density at radius 3 is 2.25 bits per heavy atom. The maximum absolute atomic E-state index is 12.6. The molecule has 1 aromatic heterocycles. The Balaban J connectivity index is 1.32. The van der Waals surface area contributed by atoms with Crippen molar-refractivity contribution in [3.8, 4) is 0 Å². The number of nitrogens with zero attached hydrogens (tertiary/aromatic N) is 3. The number of aromatic nitrogens is 1. The molecule has 0 unspecified atom stereocenters. The molecule has 28 heavy (non-hydrogen) atoms. The van der Waals surface area contributed by atoms with Gasteiger partial charge in [-0.2, -0.15) is 0 Å². The highest BCUT2D eigenvalue weighted by Crippen LogP contribution is 2.31. The van der Waals surface area contributed by atoms with Crippen LogP contribution < -0.4 is 0 Å². The molecule has 2 saturated heterocycles. The molecule has 154 valence electrons. The van der Waals surface area contributed by atoms with Gasteiger partial charge < -0.3 is 14.3 Å². The highest BCUT2D eigenvalue weighted by Gasteiger charge is 2.32. The second-order valence-electron chi connectivity index (χ2n) is 8.14. The van der Waals surface area contributed by atoms with Crippen LogP contribution in [0.4, 0.5) is 0 Å². The maximum Gasteiger partial charge on any atom is 0.292 e. The van der Waals surface area contributed by atoms with E-state index in [2.05, 4.69) is 5.16 Å². The number of hydrogen-bond donors (Lipinski definition) is 0. The zero-order valence-corrected chi connectivity index (χ0v) is 16.8. The van der Waals surface area contributed by atoms with Gasteiger partial charge in [-0.05, 0) is 25.7 Å². The molecule has 0 N–H and O–H groups in total. The SMILES string of the molecule is O=C(c1cc(C2CCN(C(=O)C3CCCC3)CC2)no1)N1CCS(=O)(=O)CC1. The Morgan fingerprint density at radius 2 is 1.61 bits per heavy atom. The average molecular weight is 410 g/mol. The van der Waals surface area contributed by atoms with E-state index in [1.807, 2.05) is 4.90 Å². The molecular weight excluding hydrogens is 382 g/mol. The molecule has 0 atom stereocenters. The van der Waals surface area contributed by atoms with Crippen LogP contribution in [0.25, 0.3) is 0 Å². The summed E-state index contributed by atoms with van der Waals surface area (Å²) in [5, 5.41) is 4.09. The third-order valence-corrected chi connectivity index (χ3v) is 7.91. The fraction of sp³-hybridized carbons (Fsp3) is 0.737. The molecule has 2 amide bonds. The van der Waals surface area contributed by atoms with Crippen molar-refractivity contribution in [3.63, 3.8) is 0 Å². The Morgan fingerprint density at radius 1 is 0.964 bits per heavy atom. The van der Waals surface area contributed by atoms with Crippen molar-refractivity contribution < 1.29 is 22.5 Å². The van der Waals surface area contributed by atoms with Crippen LogP contribution in [0.1, 0.15) is 60.7 Å². The zero-order chi connectivity index (χ0) is 19.7. The van der Waals surface area contributed by atoms with Gasteiger partial charge in [0.15, 0.2) is 9.84 Å². The topological polar surface area (TPSA) is 101 Å². The molecule has 8 nitrogen and oxygen atoms in total. The van der Waals surface area contributed by atoms with Crippen LogP contribution in [-0.4, -0.2) is 72.9 Å². The van der Waals surface area contributed by atoms with Crippen LogP contribution in [0.3, 0.4) is 0 Å². The van der Waals surface area contributed by atoms with Gasteiger partial charge in [-0.25, -0.2) is 8.42 Å². The van der Waals surface area contributed by atoms with Crippen molar-refractivity contribution in [2.45, 2.75) is 44.4 Å². The number of piperidine rings is 1. The van der Waals surface area contributed by atoms with Gasteiger partial charge in [0.2, 0.25) is 11.7 Å². The van der Waals surface area contributed by atoms with Crippen molar-refractivity contribution in [3.05, 3.63) is 17.5 Å². The lowest BCUT2D eigenvalue weighted by atomic mass is 9.92. The second kappa shape index (κ2) is 7.85. The number of rotatable bonds is 3. The Labute approximate surface area is 165 Å². The summed E-state index contributed by atoms with van der Waals surface area (Å²) in [6, 6.07) is 1.69. The number of sulfone groups is 1. The third kappa shape index (κ3) is 4.09. The highest BCUT2D eigenvalue weighted by atomic mass is 32.2. The monoisotopic (exact) mass is 409 g/mol. The molecule has 1 aromatic rings. The first kappa shape index (κ1) is 19.4. The number of carbonyl (C=O) groups excluding carboxylic acids is 2. The largest absolute Gasteiger partial charge is 0.351 e. The minimum Gasteiger partial charge on any atom is -0.351 e. The van der Waals surface area contributed by atoms with Crippen LogP contribution >= 0.6 is 0 Å². The van der Waals surface area contributed by atoms with E-state index in [0.717, 1.165) is 57.3 Å². The van der Waals surface area contributed by atoms with E-state index in [0.29, 0.717) is 5.91 Å². The predicted octanol–water partition coefficient (Wildman–Crippen LogP) is 1.44. The standard InChI is InChI=1S/C19H27N3O5S/c23-18(15-3-1-2-4-15)21-7-5-14(6-8-21)16-13-17(27-20-16)19(24)22-9-11-28(25,26)12-10-22/h13-15H,1-12H2. The van der Waals surface area contributed by atoms with Crippen molar-refractivity contribution in [1.82, 2.24) is 15.0 Å². The average Bonchev–Trinajstić information content (AvgIpc) is 3.39. The number of hydrogen-bond acceptors (Lipinski definition) is 6. The molecule has 0 aromatic carbocycles. The third-order valence-electron chi connectivity index (χ3n) is 6.30. The van der Waals surface area contributed by atoms with E-state index in [1.54, 1.807) is 6.07 Å². The Hall–Kier alpha value is -1.90. The van der Waals surface area contributed by atoms with Crippen molar-refractivity contribution in [1.29, 1.82) is 0 Å². The van der Waals surface area contributed by atoms with Crippen LogP contribution in [-0.2, 0) is 14.6 Å². The predicted molar refractivity (Wildman–Crippen MR) is 102 cm³/mol. The first-order valence-electron chi connectivity index (χ1n) is 10.2. The number of amides is 2.